The lowest BCUT2D eigenvalue weighted by atomic mass is 10.1. The Bertz CT molecular complexity index is 896. The lowest BCUT2D eigenvalue weighted by Crippen LogP contribution is -2.49. The molecule has 3 aromatic rings. The summed E-state index contributed by atoms with van der Waals surface area (Å²) >= 11 is 0. The van der Waals surface area contributed by atoms with E-state index in [1.54, 1.807) is 6.20 Å². The van der Waals surface area contributed by atoms with Crippen LogP contribution in [0.1, 0.15) is 16.2 Å². The highest BCUT2D eigenvalue weighted by molar-refractivity contribution is 6.05. The van der Waals surface area contributed by atoms with E-state index in [9.17, 15) is 4.79 Å². The average Bonchev–Trinajstić information content (AvgIpc) is 2.68. The van der Waals surface area contributed by atoms with Crippen molar-refractivity contribution in [3.63, 3.8) is 0 Å². The Morgan fingerprint density at radius 2 is 1.76 bits per heavy atom. The summed E-state index contributed by atoms with van der Waals surface area (Å²) in [6, 6.07) is 13.7. The van der Waals surface area contributed by atoms with Gasteiger partial charge in [0.25, 0.3) is 5.91 Å². The second-order valence-electron chi connectivity index (χ2n) is 6.19. The molecule has 1 aliphatic heterocycles. The summed E-state index contributed by atoms with van der Waals surface area (Å²) in [4.78, 5) is 21.3. The summed E-state index contributed by atoms with van der Waals surface area (Å²) in [6.45, 7) is 4.71. The van der Waals surface area contributed by atoms with E-state index in [-0.39, 0.29) is 5.91 Å². The molecule has 0 spiro atoms. The number of hydrogen-bond acceptors (Lipinski definition) is 5. The molecular weight excluding hydrogens is 314 g/mol. The van der Waals surface area contributed by atoms with Gasteiger partial charge in [0.1, 0.15) is 5.69 Å². The zero-order valence-corrected chi connectivity index (χ0v) is 14.1. The molecule has 1 amide bonds. The first kappa shape index (κ1) is 15.5. The van der Waals surface area contributed by atoms with Crippen LogP contribution in [0.4, 0.5) is 5.82 Å². The van der Waals surface area contributed by atoms with Crippen molar-refractivity contribution in [3.05, 3.63) is 60.0 Å². The molecule has 1 aliphatic rings. The third kappa shape index (κ3) is 3.03. The van der Waals surface area contributed by atoms with E-state index in [0.717, 1.165) is 35.4 Å². The molecule has 6 nitrogen and oxygen atoms in total. The summed E-state index contributed by atoms with van der Waals surface area (Å²) < 4.78 is 0. The van der Waals surface area contributed by atoms with Gasteiger partial charge in [-0.15, -0.1) is 5.10 Å². The molecule has 0 atom stereocenters. The molecule has 6 heteroatoms. The normalized spacial score (nSPS) is 14.8. The predicted molar refractivity (Wildman–Crippen MR) is 96.6 cm³/mol. The van der Waals surface area contributed by atoms with Gasteiger partial charge in [-0.25, -0.2) is 0 Å². The number of pyridine rings is 1. The molecule has 3 heterocycles. The van der Waals surface area contributed by atoms with E-state index in [2.05, 4.69) is 20.1 Å². The van der Waals surface area contributed by atoms with Crippen LogP contribution in [-0.2, 0) is 0 Å². The van der Waals surface area contributed by atoms with Gasteiger partial charge >= 0.3 is 0 Å². The summed E-state index contributed by atoms with van der Waals surface area (Å²) in [5, 5.41) is 10.3. The average molecular weight is 333 g/mol. The van der Waals surface area contributed by atoms with Gasteiger partial charge in [-0.2, -0.15) is 5.10 Å². The van der Waals surface area contributed by atoms with Gasteiger partial charge < -0.3 is 9.80 Å². The van der Waals surface area contributed by atoms with Gasteiger partial charge in [0.15, 0.2) is 5.82 Å². The highest BCUT2D eigenvalue weighted by atomic mass is 16.2. The molecule has 0 saturated carbocycles. The van der Waals surface area contributed by atoms with Gasteiger partial charge in [-0.3, -0.25) is 9.78 Å². The molecule has 126 valence electrons. The Labute approximate surface area is 146 Å². The number of aryl methyl sites for hydroxylation is 1. The number of amides is 1. The van der Waals surface area contributed by atoms with Gasteiger partial charge in [-0.05, 0) is 30.5 Å². The Kier molecular flexibility index (Phi) is 4.01. The SMILES string of the molecule is Cc1ccc(N2CCN(C(=O)c3nccc4ccccc34)CC2)nn1. The number of carbonyl (C=O) groups is 1. The molecule has 0 radical (unpaired) electrons. The van der Waals surface area contributed by atoms with Crippen molar-refractivity contribution in [2.24, 2.45) is 0 Å². The lowest BCUT2D eigenvalue weighted by molar-refractivity contribution is 0.0743. The number of anilines is 1. The summed E-state index contributed by atoms with van der Waals surface area (Å²) in [5.41, 5.74) is 1.43. The van der Waals surface area contributed by atoms with Crippen molar-refractivity contribution in [2.75, 3.05) is 31.1 Å². The molecule has 0 N–H and O–H groups in total. The molecule has 25 heavy (non-hydrogen) atoms. The first-order valence-corrected chi connectivity index (χ1v) is 8.41. The minimum atomic E-state index is -0.00793. The van der Waals surface area contributed by atoms with E-state index in [0.29, 0.717) is 18.8 Å². The summed E-state index contributed by atoms with van der Waals surface area (Å²) in [5.74, 6) is 0.854. The van der Waals surface area contributed by atoms with Gasteiger partial charge in [-0.1, -0.05) is 24.3 Å². The lowest BCUT2D eigenvalue weighted by Gasteiger charge is -2.35. The number of fused-ring (bicyclic) bond motifs is 1. The molecule has 0 bridgehead atoms. The van der Waals surface area contributed by atoms with Crippen LogP contribution < -0.4 is 4.90 Å². The number of benzene rings is 1. The maximum atomic E-state index is 12.9. The number of rotatable bonds is 2. The van der Waals surface area contributed by atoms with E-state index in [4.69, 9.17) is 0 Å². The molecule has 4 rings (SSSR count). The van der Waals surface area contributed by atoms with Crippen molar-refractivity contribution in [3.8, 4) is 0 Å². The maximum Gasteiger partial charge on any atom is 0.273 e. The third-order valence-corrected chi connectivity index (χ3v) is 4.55. The van der Waals surface area contributed by atoms with E-state index in [1.165, 1.54) is 0 Å². The predicted octanol–water partition coefficient (Wildman–Crippen LogP) is 2.30. The van der Waals surface area contributed by atoms with Crippen LogP contribution in [-0.4, -0.2) is 52.2 Å². The molecular formula is C19H19N5O. The summed E-state index contributed by atoms with van der Waals surface area (Å²) in [7, 11) is 0. The highest BCUT2D eigenvalue weighted by Gasteiger charge is 2.24. The molecule has 2 aromatic heterocycles. The second-order valence-corrected chi connectivity index (χ2v) is 6.19. The quantitative estimate of drug-likeness (QED) is 0.720. The standard InChI is InChI=1S/C19H19N5O/c1-14-6-7-17(22-21-14)23-10-12-24(13-11-23)19(25)18-16-5-3-2-4-15(16)8-9-20-18/h2-9H,10-13H2,1H3. The number of nitrogens with zero attached hydrogens (tertiary/aromatic N) is 5. The maximum absolute atomic E-state index is 12.9. The summed E-state index contributed by atoms with van der Waals surface area (Å²) in [6.07, 6.45) is 1.70. The Balaban J connectivity index is 1.50. The molecule has 1 aromatic carbocycles. The largest absolute Gasteiger partial charge is 0.352 e. The van der Waals surface area contributed by atoms with Crippen molar-refractivity contribution < 1.29 is 4.79 Å². The minimum absolute atomic E-state index is 0.00793. The van der Waals surface area contributed by atoms with Crippen LogP contribution in [0, 0.1) is 6.92 Å². The van der Waals surface area contributed by atoms with Crippen LogP contribution >= 0.6 is 0 Å². The fraction of sp³-hybridized carbons (Fsp3) is 0.263. The van der Waals surface area contributed by atoms with Crippen LogP contribution in [0.2, 0.25) is 0 Å². The van der Waals surface area contributed by atoms with Crippen LogP contribution in [0.25, 0.3) is 10.8 Å². The number of aromatic nitrogens is 3. The zero-order chi connectivity index (χ0) is 17.2. The zero-order valence-electron chi connectivity index (χ0n) is 14.1. The van der Waals surface area contributed by atoms with Crippen molar-refractivity contribution in [1.29, 1.82) is 0 Å². The second kappa shape index (κ2) is 6.47. The minimum Gasteiger partial charge on any atom is -0.352 e. The van der Waals surface area contributed by atoms with E-state index in [1.807, 2.05) is 54.3 Å². The number of carbonyl (C=O) groups excluding carboxylic acids is 1. The van der Waals surface area contributed by atoms with Gasteiger partial charge in [0.2, 0.25) is 0 Å². The van der Waals surface area contributed by atoms with Crippen LogP contribution in [0.15, 0.2) is 48.7 Å². The Hall–Kier alpha value is -3.02. The topological polar surface area (TPSA) is 62.2 Å². The number of hydrogen-bond donors (Lipinski definition) is 0. The van der Waals surface area contributed by atoms with Gasteiger partial charge in [0.05, 0.1) is 5.69 Å². The fourth-order valence-corrected chi connectivity index (χ4v) is 3.14. The Morgan fingerprint density at radius 3 is 2.52 bits per heavy atom. The first-order valence-electron chi connectivity index (χ1n) is 8.41. The number of piperazine rings is 1. The van der Waals surface area contributed by atoms with Crippen LogP contribution in [0.5, 0.6) is 0 Å². The van der Waals surface area contributed by atoms with E-state index < -0.39 is 0 Å². The fourth-order valence-electron chi connectivity index (χ4n) is 3.14. The Morgan fingerprint density at radius 1 is 0.960 bits per heavy atom. The van der Waals surface area contributed by atoms with Crippen molar-refractivity contribution >= 4 is 22.5 Å². The van der Waals surface area contributed by atoms with Crippen molar-refractivity contribution in [2.45, 2.75) is 6.92 Å². The molecule has 1 saturated heterocycles. The van der Waals surface area contributed by atoms with Crippen LogP contribution in [0.3, 0.4) is 0 Å². The van der Waals surface area contributed by atoms with Crippen molar-refractivity contribution in [1.82, 2.24) is 20.1 Å². The highest BCUT2D eigenvalue weighted by Crippen LogP contribution is 2.19. The molecule has 1 fully saturated rings. The van der Waals surface area contributed by atoms with Gasteiger partial charge in [0, 0.05) is 37.8 Å². The smallest absolute Gasteiger partial charge is 0.273 e. The third-order valence-electron chi connectivity index (χ3n) is 4.55. The monoisotopic (exact) mass is 333 g/mol. The molecule has 0 aliphatic carbocycles. The first-order chi connectivity index (χ1) is 12.2. The molecule has 0 unspecified atom stereocenters. The van der Waals surface area contributed by atoms with E-state index >= 15 is 0 Å².